The van der Waals surface area contributed by atoms with Gasteiger partial charge in [-0.1, -0.05) is 40.2 Å². The fourth-order valence-electron chi connectivity index (χ4n) is 8.68. The zero-order valence-corrected chi connectivity index (χ0v) is 22.2. The second-order valence-corrected chi connectivity index (χ2v) is 12.1. The number of Topliss-reactive ketones (excluding diaryl/α,β-unsaturated/α-hetero) is 1. The van der Waals surface area contributed by atoms with Crippen LogP contribution in [0.3, 0.4) is 0 Å². The van der Waals surface area contributed by atoms with Crippen molar-refractivity contribution in [2.45, 2.75) is 97.4 Å². The number of allylic oxidation sites excluding steroid dienone is 1. The van der Waals surface area contributed by atoms with Crippen LogP contribution in [-0.2, 0) is 28.7 Å². The average Bonchev–Trinajstić information content (AvgIpc) is 3.02. The lowest BCUT2D eigenvalue weighted by Gasteiger charge is -2.64. The van der Waals surface area contributed by atoms with Crippen molar-refractivity contribution in [2.24, 2.45) is 34.5 Å². The second-order valence-electron chi connectivity index (χ2n) is 12.1. The molecule has 0 bridgehead atoms. The first-order valence-corrected chi connectivity index (χ1v) is 13.2. The Kier molecular flexibility index (Phi) is 6.55. The molecule has 0 aromatic carbocycles. The van der Waals surface area contributed by atoms with E-state index < -0.39 is 64.4 Å². The second kappa shape index (κ2) is 8.74. The molecule has 0 spiro atoms. The van der Waals surface area contributed by atoms with E-state index in [1.54, 1.807) is 13.0 Å². The highest BCUT2D eigenvalue weighted by Crippen LogP contribution is 2.72. The van der Waals surface area contributed by atoms with Gasteiger partial charge in [0.2, 0.25) is 5.78 Å². The number of ketones is 2. The maximum Gasteiger partial charge on any atom is 0.306 e. The zero-order valence-electron chi connectivity index (χ0n) is 22.2. The highest BCUT2D eigenvalue weighted by molar-refractivity contribution is 5.94. The van der Waals surface area contributed by atoms with Crippen molar-refractivity contribution in [3.63, 3.8) is 0 Å². The summed E-state index contributed by atoms with van der Waals surface area (Å²) in [4.78, 5) is 50.2. The van der Waals surface area contributed by atoms with E-state index in [0.717, 1.165) is 5.57 Å². The van der Waals surface area contributed by atoms with E-state index in [1.165, 1.54) is 6.92 Å². The topological polar surface area (TPSA) is 107 Å². The number of rotatable bonds is 5. The van der Waals surface area contributed by atoms with Gasteiger partial charge in [0, 0.05) is 42.4 Å². The molecule has 4 aliphatic carbocycles. The number of hydrogen-bond acceptors (Lipinski definition) is 7. The van der Waals surface area contributed by atoms with Crippen LogP contribution in [0, 0.1) is 34.5 Å². The van der Waals surface area contributed by atoms with Crippen molar-refractivity contribution in [1.29, 1.82) is 0 Å². The molecule has 36 heavy (non-hydrogen) atoms. The van der Waals surface area contributed by atoms with Gasteiger partial charge in [-0.3, -0.25) is 19.2 Å². The van der Waals surface area contributed by atoms with Crippen molar-refractivity contribution in [3.8, 4) is 0 Å². The van der Waals surface area contributed by atoms with Gasteiger partial charge in [-0.15, -0.1) is 0 Å². The molecule has 0 aliphatic heterocycles. The summed E-state index contributed by atoms with van der Waals surface area (Å²) in [6.45, 7) is 9.75. The lowest BCUT2D eigenvalue weighted by Crippen LogP contribution is -2.71. The summed E-state index contributed by atoms with van der Waals surface area (Å²) in [6.07, 6.45) is 1.54. The predicted molar refractivity (Wildman–Crippen MR) is 128 cm³/mol. The van der Waals surface area contributed by atoms with Crippen LogP contribution < -0.4 is 0 Å². The fourth-order valence-corrected chi connectivity index (χ4v) is 8.68. The van der Waals surface area contributed by atoms with Gasteiger partial charge in [0.15, 0.2) is 18.0 Å². The van der Waals surface area contributed by atoms with Crippen molar-refractivity contribution in [3.05, 3.63) is 11.6 Å². The molecule has 9 atom stereocenters. The molecule has 3 unspecified atom stereocenters. The first-order valence-electron chi connectivity index (χ1n) is 13.2. The molecule has 8 heteroatoms. The SMILES string of the molecule is CCC(=O)O[C@]1(C(=O)COC(C)=O)C(C)C[C@H]2[C@@H]3CC(C)C4=CC(=O)CC[C@]4(C)[C@@]3(F)C(O)C[C@@]21C. The highest BCUT2D eigenvalue weighted by atomic mass is 19.1. The van der Waals surface area contributed by atoms with Crippen LogP contribution in [0.2, 0.25) is 0 Å². The molecule has 0 saturated heterocycles. The quantitative estimate of drug-likeness (QED) is 0.564. The summed E-state index contributed by atoms with van der Waals surface area (Å²) in [6, 6.07) is 0. The number of aliphatic hydroxyl groups is 1. The van der Waals surface area contributed by atoms with Gasteiger partial charge in [0.1, 0.15) is 5.67 Å². The number of fused-ring (bicyclic) bond motifs is 5. The van der Waals surface area contributed by atoms with Gasteiger partial charge in [-0.05, 0) is 43.6 Å². The number of carbonyl (C=O) groups is 4. The molecular weight excluding hydrogens is 467 g/mol. The molecule has 0 aromatic heterocycles. The Morgan fingerprint density at radius 1 is 1.17 bits per heavy atom. The molecular formula is C28H39FO7. The standard InChI is InChI=1S/C28H39FO7/c1-7-24(34)36-28(23(33)14-35-17(4)30)16(3)11-20-21-10-15(2)19-12-18(31)8-9-25(19,5)27(21,29)22(32)13-26(20,28)6/h12,15-16,20-22,32H,7-11,13-14H2,1-6H3/t15?,16?,20-,21-,22?,25-,26-,27-,28-/m0/s1. The molecule has 4 rings (SSSR count). The molecule has 4 aliphatic rings. The summed E-state index contributed by atoms with van der Waals surface area (Å²) in [5.74, 6) is -3.22. The van der Waals surface area contributed by atoms with Crippen molar-refractivity contribution < 1.29 is 38.1 Å². The van der Waals surface area contributed by atoms with Gasteiger partial charge in [-0.2, -0.15) is 0 Å². The van der Waals surface area contributed by atoms with Gasteiger partial charge in [0.05, 0.1) is 6.10 Å². The molecule has 0 aromatic rings. The van der Waals surface area contributed by atoms with Crippen LogP contribution in [0.15, 0.2) is 11.6 Å². The van der Waals surface area contributed by atoms with Crippen molar-refractivity contribution >= 4 is 23.5 Å². The number of carbonyl (C=O) groups excluding carboxylic acids is 4. The number of alkyl halides is 1. The molecule has 0 radical (unpaired) electrons. The Bertz CT molecular complexity index is 1020. The first kappa shape index (κ1) is 27.0. The number of hydrogen-bond donors (Lipinski definition) is 1. The number of aliphatic hydroxyl groups excluding tert-OH is 1. The van der Waals surface area contributed by atoms with Crippen molar-refractivity contribution in [2.75, 3.05) is 6.61 Å². The Morgan fingerprint density at radius 3 is 2.44 bits per heavy atom. The van der Waals surface area contributed by atoms with E-state index in [2.05, 4.69) is 0 Å². The normalized spacial score (nSPS) is 45.6. The Morgan fingerprint density at radius 2 is 1.83 bits per heavy atom. The molecule has 1 N–H and O–H groups in total. The predicted octanol–water partition coefficient (Wildman–Crippen LogP) is 3.90. The van der Waals surface area contributed by atoms with Crippen molar-refractivity contribution in [1.82, 2.24) is 0 Å². The fraction of sp³-hybridized carbons (Fsp3) is 0.786. The van der Waals surface area contributed by atoms with E-state index in [4.69, 9.17) is 9.47 Å². The number of esters is 2. The summed E-state index contributed by atoms with van der Waals surface area (Å²) < 4.78 is 28.6. The summed E-state index contributed by atoms with van der Waals surface area (Å²) in [5.41, 5.74) is -4.93. The smallest absolute Gasteiger partial charge is 0.306 e. The minimum absolute atomic E-state index is 0.0115. The summed E-state index contributed by atoms with van der Waals surface area (Å²) in [5, 5.41) is 11.6. The molecule has 3 saturated carbocycles. The summed E-state index contributed by atoms with van der Waals surface area (Å²) >= 11 is 0. The molecule has 7 nitrogen and oxygen atoms in total. The number of ether oxygens (including phenoxy) is 2. The van der Waals surface area contributed by atoms with E-state index in [0.29, 0.717) is 19.3 Å². The minimum Gasteiger partial charge on any atom is -0.458 e. The first-order chi connectivity index (χ1) is 16.7. The largest absolute Gasteiger partial charge is 0.458 e. The van der Waals surface area contributed by atoms with Gasteiger partial charge < -0.3 is 14.6 Å². The lowest BCUT2D eigenvalue weighted by atomic mass is 9.42. The molecule has 200 valence electrons. The monoisotopic (exact) mass is 506 g/mol. The lowest BCUT2D eigenvalue weighted by molar-refractivity contribution is -0.238. The average molecular weight is 507 g/mol. The van der Waals surface area contributed by atoms with Crippen LogP contribution in [0.1, 0.15) is 80.1 Å². The van der Waals surface area contributed by atoms with Gasteiger partial charge in [-0.25, -0.2) is 4.39 Å². The van der Waals surface area contributed by atoms with E-state index in [1.807, 2.05) is 27.7 Å². The van der Waals surface area contributed by atoms with Crippen LogP contribution in [-0.4, -0.2) is 52.6 Å². The Labute approximate surface area is 212 Å². The molecule has 0 amide bonds. The van der Waals surface area contributed by atoms with Gasteiger partial charge >= 0.3 is 11.9 Å². The molecule has 3 fully saturated rings. The van der Waals surface area contributed by atoms with Crippen LogP contribution in [0.4, 0.5) is 4.39 Å². The maximum atomic E-state index is 17.5. The zero-order chi connectivity index (χ0) is 26.8. The molecule has 0 heterocycles. The van der Waals surface area contributed by atoms with Crippen LogP contribution >= 0.6 is 0 Å². The third kappa shape index (κ3) is 3.38. The third-order valence-electron chi connectivity index (χ3n) is 10.3. The third-order valence-corrected chi connectivity index (χ3v) is 10.3. The van der Waals surface area contributed by atoms with E-state index in [-0.39, 0.29) is 36.9 Å². The number of halogens is 1. The minimum atomic E-state index is -1.99. The maximum absolute atomic E-state index is 17.5. The highest BCUT2D eigenvalue weighted by Gasteiger charge is 2.77. The Hall–Kier alpha value is -2.09. The summed E-state index contributed by atoms with van der Waals surface area (Å²) in [7, 11) is 0. The van der Waals surface area contributed by atoms with Gasteiger partial charge in [0.25, 0.3) is 0 Å². The Balaban J connectivity index is 1.84. The van der Waals surface area contributed by atoms with E-state index >= 15 is 4.39 Å². The van der Waals surface area contributed by atoms with Crippen LogP contribution in [0.25, 0.3) is 0 Å². The van der Waals surface area contributed by atoms with Crippen LogP contribution in [0.5, 0.6) is 0 Å². The van der Waals surface area contributed by atoms with E-state index in [9.17, 15) is 24.3 Å².